The number of amides is 1. The molecule has 0 spiro atoms. The van der Waals surface area contributed by atoms with Gasteiger partial charge in [-0.1, -0.05) is 56.3 Å². The summed E-state index contributed by atoms with van der Waals surface area (Å²) in [6.45, 7) is 6.41. The molecule has 0 saturated heterocycles. The molecule has 0 saturated carbocycles. The lowest BCUT2D eigenvalue weighted by molar-refractivity contribution is 0.0941. The Kier molecular flexibility index (Phi) is 6.08. The lowest BCUT2D eigenvalue weighted by Gasteiger charge is -2.16. The van der Waals surface area contributed by atoms with Gasteiger partial charge in [-0.05, 0) is 54.7 Å². The summed E-state index contributed by atoms with van der Waals surface area (Å²) in [5.74, 6) is 0.503. The van der Waals surface area contributed by atoms with Crippen molar-refractivity contribution in [2.45, 2.75) is 33.2 Å². The highest BCUT2D eigenvalue weighted by Gasteiger charge is 2.16. The van der Waals surface area contributed by atoms with E-state index >= 15 is 0 Å². The largest absolute Gasteiger partial charge is 0.345 e. The molecule has 2 heterocycles. The first-order chi connectivity index (χ1) is 15.0. The fourth-order valence-corrected chi connectivity index (χ4v) is 3.80. The van der Waals surface area contributed by atoms with Crippen LogP contribution in [0, 0.1) is 5.92 Å². The predicted octanol–water partition coefficient (Wildman–Crippen LogP) is 5.99. The Morgan fingerprint density at radius 2 is 1.65 bits per heavy atom. The summed E-state index contributed by atoms with van der Waals surface area (Å²) in [5, 5.41) is 3.97. The van der Waals surface area contributed by atoms with Crippen molar-refractivity contribution in [3.05, 3.63) is 95.8 Å². The molecule has 1 atom stereocenters. The SMILES string of the molecule is CC(C)Cc1ccc(-c2cc(C(=O)N[C@@H](C)c3ccncc3)c3ccccc3n2)cc1. The van der Waals surface area contributed by atoms with Crippen LogP contribution in [-0.2, 0) is 6.42 Å². The number of aromatic nitrogens is 2. The van der Waals surface area contributed by atoms with Crippen LogP contribution in [0.25, 0.3) is 22.2 Å². The number of carbonyl (C=O) groups is 1. The molecule has 31 heavy (non-hydrogen) atoms. The van der Waals surface area contributed by atoms with Crippen LogP contribution in [0.2, 0.25) is 0 Å². The first kappa shape index (κ1) is 20.7. The molecule has 0 unspecified atom stereocenters. The summed E-state index contributed by atoms with van der Waals surface area (Å²) < 4.78 is 0. The molecule has 0 fully saturated rings. The highest BCUT2D eigenvalue weighted by molar-refractivity contribution is 6.07. The Hall–Kier alpha value is -3.53. The fraction of sp³-hybridized carbons (Fsp3) is 0.222. The van der Waals surface area contributed by atoms with Gasteiger partial charge >= 0.3 is 0 Å². The summed E-state index contributed by atoms with van der Waals surface area (Å²) in [4.78, 5) is 22.1. The smallest absolute Gasteiger partial charge is 0.252 e. The van der Waals surface area contributed by atoms with Gasteiger partial charge in [0.25, 0.3) is 5.91 Å². The molecule has 4 aromatic rings. The van der Waals surface area contributed by atoms with Crippen molar-refractivity contribution in [3.8, 4) is 11.3 Å². The number of hydrogen-bond acceptors (Lipinski definition) is 3. The molecule has 1 N–H and O–H groups in total. The molecule has 0 radical (unpaired) electrons. The monoisotopic (exact) mass is 409 g/mol. The van der Waals surface area contributed by atoms with E-state index in [1.165, 1.54) is 5.56 Å². The summed E-state index contributed by atoms with van der Waals surface area (Å²) in [6, 6.07) is 21.9. The number of carbonyl (C=O) groups excluding carboxylic acids is 1. The Morgan fingerprint density at radius 1 is 0.935 bits per heavy atom. The minimum Gasteiger partial charge on any atom is -0.345 e. The van der Waals surface area contributed by atoms with Gasteiger partial charge in [-0.2, -0.15) is 0 Å². The maximum Gasteiger partial charge on any atom is 0.252 e. The van der Waals surface area contributed by atoms with Gasteiger partial charge in [0.1, 0.15) is 0 Å². The Labute approximate surface area is 183 Å². The number of benzene rings is 2. The van der Waals surface area contributed by atoms with Crippen LogP contribution in [0.15, 0.2) is 79.1 Å². The van der Waals surface area contributed by atoms with Crippen LogP contribution in [0.5, 0.6) is 0 Å². The zero-order chi connectivity index (χ0) is 21.8. The summed E-state index contributed by atoms with van der Waals surface area (Å²) in [5.41, 5.74) is 5.58. The maximum atomic E-state index is 13.2. The summed E-state index contributed by atoms with van der Waals surface area (Å²) in [7, 11) is 0. The Balaban J connectivity index is 1.69. The van der Waals surface area contributed by atoms with E-state index in [0.29, 0.717) is 11.5 Å². The number of rotatable bonds is 6. The van der Waals surface area contributed by atoms with E-state index in [0.717, 1.165) is 34.1 Å². The van der Waals surface area contributed by atoms with Gasteiger partial charge in [0.2, 0.25) is 0 Å². The van der Waals surface area contributed by atoms with E-state index in [4.69, 9.17) is 4.98 Å². The van der Waals surface area contributed by atoms with Crippen molar-refractivity contribution < 1.29 is 4.79 Å². The molecule has 0 aliphatic heterocycles. The van der Waals surface area contributed by atoms with E-state index in [1.54, 1.807) is 12.4 Å². The number of nitrogens with zero attached hydrogens (tertiary/aromatic N) is 2. The maximum absolute atomic E-state index is 13.2. The lowest BCUT2D eigenvalue weighted by atomic mass is 9.99. The van der Waals surface area contributed by atoms with Gasteiger partial charge in [0.15, 0.2) is 0 Å². The van der Waals surface area contributed by atoms with Gasteiger partial charge in [-0.25, -0.2) is 4.98 Å². The van der Waals surface area contributed by atoms with Crippen molar-refractivity contribution in [2.75, 3.05) is 0 Å². The minimum absolute atomic E-state index is 0.111. The minimum atomic E-state index is -0.124. The summed E-state index contributed by atoms with van der Waals surface area (Å²) >= 11 is 0. The van der Waals surface area contributed by atoms with Crippen molar-refractivity contribution >= 4 is 16.8 Å². The average molecular weight is 410 g/mol. The number of pyridine rings is 2. The van der Waals surface area contributed by atoms with E-state index < -0.39 is 0 Å². The van der Waals surface area contributed by atoms with E-state index in [9.17, 15) is 4.79 Å². The topological polar surface area (TPSA) is 54.9 Å². The Bertz CT molecular complexity index is 1180. The van der Waals surface area contributed by atoms with Gasteiger partial charge in [0.05, 0.1) is 22.8 Å². The molecule has 4 nitrogen and oxygen atoms in total. The van der Waals surface area contributed by atoms with Gasteiger partial charge in [-0.3, -0.25) is 9.78 Å². The van der Waals surface area contributed by atoms with Crippen molar-refractivity contribution in [3.63, 3.8) is 0 Å². The number of fused-ring (bicyclic) bond motifs is 1. The first-order valence-corrected chi connectivity index (χ1v) is 10.7. The molecule has 2 aromatic carbocycles. The van der Waals surface area contributed by atoms with Crippen LogP contribution >= 0.6 is 0 Å². The highest BCUT2D eigenvalue weighted by atomic mass is 16.1. The number of nitrogens with one attached hydrogen (secondary N) is 1. The molecule has 0 aliphatic carbocycles. The lowest BCUT2D eigenvalue weighted by Crippen LogP contribution is -2.27. The molecular formula is C27H27N3O. The highest BCUT2D eigenvalue weighted by Crippen LogP contribution is 2.26. The zero-order valence-corrected chi connectivity index (χ0v) is 18.2. The van der Waals surface area contributed by atoms with Crippen molar-refractivity contribution in [1.82, 2.24) is 15.3 Å². The third kappa shape index (κ3) is 4.80. The standard InChI is InChI=1S/C27H27N3O/c1-18(2)16-20-8-10-22(11-9-20)26-17-24(23-6-4-5-7-25(23)30-26)27(31)29-19(3)21-12-14-28-15-13-21/h4-15,17-19H,16H2,1-3H3,(H,29,31)/t19-/m0/s1. The van der Waals surface area contributed by atoms with Crippen molar-refractivity contribution in [2.24, 2.45) is 5.92 Å². The molecule has 156 valence electrons. The second-order valence-electron chi connectivity index (χ2n) is 8.34. The summed E-state index contributed by atoms with van der Waals surface area (Å²) in [6.07, 6.45) is 4.52. The van der Waals surface area contributed by atoms with Crippen LogP contribution < -0.4 is 5.32 Å². The Morgan fingerprint density at radius 3 is 2.35 bits per heavy atom. The van der Waals surface area contributed by atoms with Gasteiger partial charge in [0, 0.05) is 23.3 Å². The van der Waals surface area contributed by atoms with E-state index in [2.05, 4.69) is 48.4 Å². The van der Waals surface area contributed by atoms with E-state index in [1.807, 2.05) is 49.4 Å². The molecule has 0 bridgehead atoms. The zero-order valence-electron chi connectivity index (χ0n) is 18.2. The molecule has 4 heteroatoms. The molecule has 2 aromatic heterocycles. The van der Waals surface area contributed by atoms with Crippen LogP contribution in [0.1, 0.15) is 48.3 Å². The third-order valence-corrected chi connectivity index (χ3v) is 5.41. The first-order valence-electron chi connectivity index (χ1n) is 10.7. The second-order valence-corrected chi connectivity index (χ2v) is 8.34. The van der Waals surface area contributed by atoms with Crippen LogP contribution in [0.4, 0.5) is 0 Å². The number of para-hydroxylation sites is 1. The molecule has 0 aliphatic rings. The molecule has 1 amide bonds. The van der Waals surface area contributed by atoms with Gasteiger partial charge in [-0.15, -0.1) is 0 Å². The molecular weight excluding hydrogens is 382 g/mol. The second kappa shape index (κ2) is 9.09. The quantitative estimate of drug-likeness (QED) is 0.426. The average Bonchev–Trinajstić information content (AvgIpc) is 2.79. The van der Waals surface area contributed by atoms with E-state index in [-0.39, 0.29) is 11.9 Å². The normalized spacial score (nSPS) is 12.1. The van der Waals surface area contributed by atoms with Crippen LogP contribution in [0.3, 0.4) is 0 Å². The third-order valence-electron chi connectivity index (χ3n) is 5.41. The van der Waals surface area contributed by atoms with Crippen LogP contribution in [-0.4, -0.2) is 15.9 Å². The predicted molar refractivity (Wildman–Crippen MR) is 126 cm³/mol. The molecule has 4 rings (SSSR count). The van der Waals surface area contributed by atoms with Gasteiger partial charge < -0.3 is 5.32 Å². The van der Waals surface area contributed by atoms with Crippen molar-refractivity contribution in [1.29, 1.82) is 0 Å². The fourth-order valence-electron chi connectivity index (χ4n) is 3.80. The number of hydrogen-bond donors (Lipinski definition) is 1.